The molecule has 0 aliphatic carbocycles. The van der Waals surface area contributed by atoms with E-state index in [9.17, 15) is 16.9 Å². The highest BCUT2D eigenvalue weighted by Crippen LogP contribution is 2.40. The third kappa shape index (κ3) is 5.75. The quantitative estimate of drug-likeness (QED) is 0.300. The topological polar surface area (TPSA) is 122 Å². The fourth-order valence-corrected chi connectivity index (χ4v) is 5.63. The van der Waals surface area contributed by atoms with Crippen molar-refractivity contribution in [3.63, 3.8) is 0 Å². The van der Waals surface area contributed by atoms with Crippen LogP contribution in [-0.2, 0) is 27.8 Å². The second-order valence-electron chi connectivity index (χ2n) is 8.36. The number of halogens is 2. The molecule has 35 heavy (non-hydrogen) atoms. The maximum Gasteiger partial charge on any atom is 0.332 e. The Kier molecular flexibility index (Phi) is 7.06. The summed E-state index contributed by atoms with van der Waals surface area (Å²) in [5.41, 5.74) is 3.31. The van der Waals surface area contributed by atoms with Crippen molar-refractivity contribution in [2.45, 2.75) is 17.9 Å². The van der Waals surface area contributed by atoms with Gasteiger partial charge in [0.15, 0.2) is 5.82 Å². The van der Waals surface area contributed by atoms with Crippen molar-refractivity contribution in [3.05, 3.63) is 52.7 Å². The number of fused-ring (bicyclic) bond motifs is 1. The molecule has 2 aromatic carbocycles. The summed E-state index contributed by atoms with van der Waals surface area (Å²) >= 11 is 6.30. The van der Waals surface area contributed by atoms with Gasteiger partial charge in [-0.25, -0.2) is 4.98 Å². The van der Waals surface area contributed by atoms with Gasteiger partial charge in [-0.15, -0.1) is 3.89 Å². The molecule has 0 saturated carbocycles. The molecule has 0 spiro atoms. The van der Waals surface area contributed by atoms with Gasteiger partial charge in [-0.2, -0.15) is 13.4 Å². The molecular formula is C22H24ClFN5O4PS. The Balaban J connectivity index is 1.68. The fourth-order valence-electron chi connectivity index (χ4n) is 3.75. The Morgan fingerprint density at radius 3 is 2.60 bits per heavy atom. The van der Waals surface area contributed by atoms with Gasteiger partial charge in [-0.3, -0.25) is 0 Å². The molecule has 1 aromatic heterocycles. The van der Waals surface area contributed by atoms with Crippen molar-refractivity contribution < 1.29 is 21.6 Å². The summed E-state index contributed by atoms with van der Waals surface area (Å²) in [6.45, 7) is 4.55. The van der Waals surface area contributed by atoms with Gasteiger partial charge in [0.1, 0.15) is 17.9 Å². The van der Waals surface area contributed by atoms with Gasteiger partial charge in [0, 0.05) is 11.8 Å². The summed E-state index contributed by atoms with van der Waals surface area (Å²) in [5, 5.41) is 9.77. The zero-order valence-electron chi connectivity index (χ0n) is 19.2. The van der Waals surface area contributed by atoms with E-state index in [0.717, 1.165) is 37.2 Å². The smallest absolute Gasteiger partial charge is 0.332 e. The van der Waals surface area contributed by atoms with Crippen LogP contribution in [0.1, 0.15) is 11.1 Å². The standard InChI is InChI=1S/C22H24ClFN5O4PS/c1-33-19-9-13-6-7-25-11-14(13)8-18(19)28-22-26-12-16(23)21(29-22)27-17-5-4-15(35(24,31)32)10-20(17)34(2,3)30/h4-5,8-10,12,25H,6-7,11H2,1-3H3,(H2,26,27,28,29). The summed E-state index contributed by atoms with van der Waals surface area (Å²) in [6, 6.07) is 7.42. The van der Waals surface area contributed by atoms with Crippen LogP contribution in [0.15, 0.2) is 41.4 Å². The first-order chi connectivity index (χ1) is 16.5. The normalized spacial score (nSPS) is 13.7. The lowest BCUT2D eigenvalue weighted by Crippen LogP contribution is -2.23. The van der Waals surface area contributed by atoms with E-state index in [0.29, 0.717) is 11.4 Å². The van der Waals surface area contributed by atoms with E-state index in [2.05, 4.69) is 25.9 Å². The van der Waals surface area contributed by atoms with Crippen molar-refractivity contribution in [1.82, 2.24) is 15.3 Å². The van der Waals surface area contributed by atoms with Crippen LogP contribution < -0.4 is 26.0 Å². The van der Waals surface area contributed by atoms with E-state index in [1.807, 2.05) is 12.1 Å². The zero-order valence-corrected chi connectivity index (χ0v) is 21.7. The molecule has 0 bridgehead atoms. The van der Waals surface area contributed by atoms with Gasteiger partial charge in [0.05, 0.1) is 29.6 Å². The summed E-state index contributed by atoms with van der Waals surface area (Å²) in [5.74, 6) is 1.05. The fraction of sp³-hybridized carbons (Fsp3) is 0.273. The molecule has 9 nitrogen and oxygen atoms in total. The Morgan fingerprint density at radius 1 is 1.14 bits per heavy atom. The number of hydrogen-bond donors (Lipinski definition) is 3. The largest absolute Gasteiger partial charge is 0.495 e. The molecule has 4 rings (SSSR count). The van der Waals surface area contributed by atoms with Crippen LogP contribution in [0.3, 0.4) is 0 Å². The molecule has 0 saturated heterocycles. The third-order valence-corrected chi connectivity index (χ3v) is 8.11. The Hall–Kier alpha value is -2.72. The highest BCUT2D eigenvalue weighted by Gasteiger charge is 2.22. The van der Waals surface area contributed by atoms with E-state index in [1.165, 1.54) is 31.2 Å². The second-order valence-corrected chi connectivity index (χ2v) is 13.3. The van der Waals surface area contributed by atoms with Crippen molar-refractivity contribution in [2.75, 3.05) is 37.6 Å². The predicted octanol–water partition coefficient (Wildman–Crippen LogP) is 4.18. The maximum atomic E-state index is 13.5. The number of ether oxygens (including phenoxy) is 1. The average molecular weight is 540 g/mol. The van der Waals surface area contributed by atoms with Gasteiger partial charge in [0.25, 0.3) is 0 Å². The van der Waals surface area contributed by atoms with Crippen LogP contribution in [-0.4, -0.2) is 45.4 Å². The average Bonchev–Trinajstić information content (AvgIpc) is 2.79. The number of anilines is 4. The van der Waals surface area contributed by atoms with Crippen LogP contribution in [0.4, 0.5) is 27.0 Å². The molecule has 1 aliphatic heterocycles. The van der Waals surface area contributed by atoms with E-state index < -0.39 is 22.3 Å². The van der Waals surface area contributed by atoms with Gasteiger partial charge in [-0.05, 0) is 67.8 Å². The molecule has 3 N–H and O–H groups in total. The minimum Gasteiger partial charge on any atom is -0.495 e. The number of nitrogens with one attached hydrogen (secondary N) is 3. The molecule has 0 amide bonds. The highest BCUT2D eigenvalue weighted by molar-refractivity contribution is 7.86. The number of nitrogens with zero attached hydrogens (tertiary/aromatic N) is 2. The van der Waals surface area contributed by atoms with Crippen LogP contribution in [0.25, 0.3) is 0 Å². The Morgan fingerprint density at radius 2 is 1.91 bits per heavy atom. The molecule has 0 fully saturated rings. The van der Waals surface area contributed by atoms with Crippen molar-refractivity contribution in [1.29, 1.82) is 0 Å². The van der Waals surface area contributed by atoms with Crippen LogP contribution in [0.2, 0.25) is 5.02 Å². The number of benzene rings is 2. The van der Waals surface area contributed by atoms with Crippen LogP contribution in [0.5, 0.6) is 5.75 Å². The summed E-state index contributed by atoms with van der Waals surface area (Å²) < 4.78 is 54.6. The lowest BCUT2D eigenvalue weighted by atomic mass is 10.00. The second kappa shape index (κ2) is 9.73. The molecule has 1 aliphatic rings. The third-order valence-electron chi connectivity index (χ3n) is 5.48. The van der Waals surface area contributed by atoms with E-state index >= 15 is 0 Å². The zero-order chi connectivity index (χ0) is 25.4. The van der Waals surface area contributed by atoms with Gasteiger partial charge in [0.2, 0.25) is 5.95 Å². The lowest BCUT2D eigenvalue weighted by molar-refractivity contribution is 0.415. The molecule has 13 heteroatoms. The summed E-state index contributed by atoms with van der Waals surface area (Å²) in [6.07, 6.45) is 2.30. The number of methoxy groups -OCH3 is 1. The van der Waals surface area contributed by atoms with Crippen LogP contribution in [0, 0.1) is 0 Å². The van der Waals surface area contributed by atoms with Crippen molar-refractivity contribution in [3.8, 4) is 5.75 Å². The first-order valence-electron chi connectivity index (χ1n) is 10.6. The molecule has 0 unspecified atom stereocenters. The molecule has 0 radical (unpaired) electrons. The minimum atomic E-state index is -4.96. The maximum absolute atomic E-state index is 13.5. The lowest BCUT2D eigenvalue weighted by Gasteiger charge is -2.20. The molecule has 2 heterocycles. The minimum absolute atomic E-state index is 0.143. The highest BCUT2D eigenvalue weighted by atomic mass is 35.5. The number of rotatable bonds is 7. The summed E-state index contributed by atoms with van der Waals surface area (Å²) in [4.78, 5) is 8.08. The molecule has 186 valence electrons. The Labute approximate surface area is 208 Å². The number of aromatic nitrogens is 2. The summed E-state index contributed by atoms with van der Waals surface area (Å²) in [7, 11) is -6.39. The van der Waals surface area contributed by atoms with Crippen LogP contribution >= 0.6 is 18.7 Å². The monoisotopic (exact) mass is 539 g/mol. The SMILES string of the molecule is COc1cc2c(cc1Nc1ncc(Cl)c(Nc3ccc(S(=O)(=O)F)cc3P(C)(C)=O)n1)CNCC2. The first kappa shape index (κ1) is 25.4. The van der Waals surface area contributed by atoms with Gasteiger partial charge < -0.3 is 25.3 Å². The molecular weight excluding hydrogens is 516 g/mol. The first-order valence-corrected chi connectivity index (χ1v) is 14.9. The predicted molar refractivity (Wildman–Crippen MR) is 136 cm³/mol. The van der Waals surface area contributed by atoms with Crippen molar-refractivity contribution >= 4 is 57.4 Å². The molecule has 3 aromatic rings. The number of hydrogen-bond acceptors (Lipinski definition) is 9. The van der Waals surface area contributed by atoms with Gasteiger partial charge >= 0.3 is 10.2 Å². The van der Waals surface area contributed by atoms with E-state index in [-0.39, 0.29) is 27.8 Å². The molecule has 0 atom stereocenters. The van der Waals surface area contributed by atoms with E-state index in [1.54, 1.807) is 7.11 Å². The van der Waals surface area contributed by atoms with Gasteiger partial charge in [-0.1, -0.05) is 11.6 Å². The Bertz CT molecular complexity index is 1450. The van der Waals surface area contributed by atoms with Crippen molar-refractivity contribution in [2.24, 2.45) is 0 Å². The van der Waals surface area contributed by atoms with E-state index in [4.69, 9.17) is 16.3 Å².